The zero-order valence-corrected chi connectivity index (χ0v) is 15.0. The van der Waals surface area contributed by atoms with Crippen LogP contribution in [0.15, 0.2) is 53.3 Å². The van der Waals surface area contributed by atoms with Crippen molar-refractivity contribution < 1.29 is 14.6 Å². The molecule has 1 aliphatic carbocycles. The van der Waals surface area contributed by atoms with Gasteiger partial charge in [-0.25, -0.2) is 4.99 Å². The van der Waals surface area contributed by atoms with Crippen LogP contribution in [-0.2, 0) is 0 Å². The summed E-state index contributed by atoms with van der Waals surface area (Å²) >= 11 is 0. The standard InChI is InChI=1S/C18H15N5O5/c1-3-21(2)11-6-7-13(14(9-11)22(25)26)20-17-12-5-4-8-19-18(12)16(24)10-15(17)23(27)28/h4-10H,3H2,1-2H3. The fourth-order valence-electron chi connectivity index (χ4n) is 2.74. The lowest BCUT2D eigenvalue weighted by atomic mass is 9.96. The minimum absolute atomic E-state index is 0.0110. The lowest BCUT2D eigenvalue weighted by molar-refractivity contribution is -0.414. The number of hydrogen-bond acceptors (Lipinski definition) is 8. The van der Waals surface area contributed by atoms with Crippen molar-refractivity contribution in [3.05, 3.63) is 79.8 Å². The molecule has 1 aliphatic rings. The minimum atomic E-state index is -0.738. The molecule has 28 heavy (non-hydrogen) atoms. The van der Waals surface area contributed by atoms with Crippen LogP contribution in [0, 0.1) is 20.2 Å². The molecule has 0 atom stereocenters. The minimum Gasteiger partial charge on any atom is -0.375 e. The van der Waals surface area contributed by atoms with Gasteiger partial charge < -0.3 is 4.90 Å². The van der Waals surface area contributed by atoms with Crippen LogP contribution in [-0.4, -0.2) is 39.9 Å². The number of ketones is 1. The summed E-state index contributed by atoms with van der Waals surface area (Å²) in [4.78, 5) is 43.7. The number of nitro groups is 2. The molecule has 0 amide bonds. The number of aromatic nitrogens is 1. The predicted molar refractivity (Wildman–Crippen MR) is 102 cm³/mol. The number of allylic oxidation sites excluding steroid dienone is 2. The molecule has 0 saturated carbocycles. The van der Waals surface area contributed by atoms with Gasteiger partial charge in [-0.05, 0) is 31.2 Å². The van der Waals surface area contributed by atoms with Crippen LogP contribution in [0.2, 0.25) is 0 Å². The highest BCUT2D eigenvalue weighted by Gasteiger charge is 2.33. The molecular weight excluding hydrogens is 366 g/mol. The Morgan fingerprint density at radius 1 is 1.18 bits per heavy atom. The van der Waals surface area contributed by atoms with E-state index in [1.165, 1.54) is 30.5 Å². The van der Waals surface area contributed by atoms with Gasteiger partial charge in [-0.15, -0.1) is 0 Å². The van der Waals surface area contributed by atoms with E-state index in [0.717, 1.165) is 6.08 Å². The second-order valence-corrected chi connectivity index (χ2v) is 5.96. The molecule has 0 fully saturated rings. The Bertz CT molecular complexity index is 1060. The molecule has 142 valence electrons. The van der Waals surface area contributed by atoms with Crippen LogP contribution in [0.1, 0.15) is 23.0 Å². The summed E-state index contributed by atoms with van der Waals surface area (Å²) in [5, 5.41) is 23.0. The number of pyridine rings is 1. The molecule has 0 unspecified atom stereocenters. The van der Waals surface area contributed by atoms with Crippen molar-refractivity contribution in [2.24, 2.45) is 4.99 Å². The van der Waals surface area contributed by atoms with E-state index in [-0.39, 0.29) is 28.3 Å². The number of aliphatic imine (C=N–C) groups is 1. The first-order valence-corrected chi connectivity index (χ1v) is 8.28. The topological polar surface area (TPSA) is 132 Å². The molecule has 2 aromatic rings. The fourth-order valence-corrected chi connectivity index (χ4v) is 2.74. The summed E-state index contributed by atoms with van der Waals surface area (Å²) in [6.07, 6.45) is 2.22. The third-order valence-electron chi connectivity index (χ3n) is 4.31. The third kappa shape index (κ3) is 3.34. The Morgan fingerprint density at radius 3 is 2.57 bits per heavy atom. The summed E-state index contributed by atoms with van der Waals surface area (Å²) < 4.78 is 0. The van der Waals surface area contributed by atoms with Gasteiger partial charge in [0, 0.05) is 37.1 Å². The quantitative estimate of drug-likeness (QED) is 0.574. The summed E-state index contributed by atoms with van der Waals surface area (Å²) in [6.45, 7) is 2.54. The maximum absolute atomic E-state index is 12.1. The Hall–Kier alpha value is -3.95. The van der Waals surface area contributed by atoms with Crippen LogP contribution >= 0.6 is 0 Å². The van der Waals surface area contributed by atoms with E-state index in [0.29, 0.717) is 12.2 Å². The van der Waals surface area contributed by atoms with Crippen LogP contribution in [0.5, 0.6) is 0 Å². The number of fused-ring (bicyclic) bond motifs is 1. The zero-order chi connectivity index (χ0) is 20.4. The third-order valence-corrected chi connectivity index (χ3v) is 4.31. The number of carbonyl (C=O) groups is 1. The lowest BCUT2D eigenvalue weighted by Gasteiger charge is -2.17. The molecule has 0 N–H and O–H groups in total. The lowest BCUT2D eigenvalue weighted by Crippen LogP contribution is -2.23. The van der Waals surface area contributed by atoms with Gasteiger partial charge in [0.15, 0.2) is 5.71 Å². The van der Waals surface area contributed by atoms with Crippen LogP contribution < -0.4 is 4.90 Å². The van der Waals surface area contributed by atoms with Crippen molar-refractivity contribution in [2.45, 2.75) is 6.92 Å². The first-order valence-electron chi connectivity index (χ1n) is 8.28. The smallest absolute Gasteiger partial charge is 0.299 e. The zero-order valence-electron chi connectivity index (χ0n) is 15.0. The van der Waals surface area contributed by atoms with E-state index in [9.17, 15) is 25.0 Å². The van der Waals surface area contributed by atoms with E-state index in [4.69, 9.17) is 0 Å². The van der Waals surface area contributed by atoms with E-state index in [2.05, 4.69) is 9.98 Å². The van der Waals surface area contributed by atoms with Gasteiger partial charge in [-0.1, -0.05) is 0 Å². The molecule has 0 saturated heterocycles. The van der Waals surface area contributed by atoms with Crippen LogP contribution in [0.25, 0.3) is 0 Å². The van der Waals surface area contributed by atoms with Crippen molar-refractivity contribution >= 4 is 28.6 Å². The molecule has 0 aliphatic heterocycles. The van der Waals surface area contributed by atoms with Crippen molar-refractivity contribution in [2.75, 3.05) is 18.5 Å². The number of anilines is 1. The SMILES string of the molecule is CCN(C)c1ccc(N=C2C([N+](=O)[O-])=CC(=O)c3ncccc32)c([N+](=O)[O-])c1. The van der Waals surface area contributed by atoms with Gasteiger partial charge >= 0.3 is 0 Å². The van der Waals surface area contributed by atoms with Gasteiger partial charge in [0.05, 0.1) is 15.9 Å². The second-order valence-electron chi connectivity index (χ2n) is 5.96. The summed E-state index contributed by atoms with van der Waals surface area (Å²) in [5.74, 6) is -0.615. The van der Waals surface area contributed by atoms with Crippen molar-refractivity contribution in [3.63, 3.8) is 0 Å². The van der Waals surface area contributed by atoms with Gasteiger partial charge in [0.25, 0.3) is 11.4 Å². The number of benzene rings is 1. The Kier molecular flexibility index (Phi) is 4.94. The summed E-state index contributed by atoms with van der Waals surface area (Å²) in [5.41, 5.74) is -0.242. The van der Waals surface area contributed by atoms with E-state index < -0.39 is 21.3 Å². The van der Waals surface area contributed by atoms with Crippen molar-refractivity contribution in [1.29, 1.82) is 0 Å². The highest BCUT2D eigenvalue weighted by atomic mass is 16.6. The maximum Gasteiger partial charge on any atom is 0.299 e. The molecule has 0 radical (unpaired) electrons. The van der Waals surface area contributed by atoms with Gasteiger partial charge in [-0.3, -0.25) is 30.0 Å². The fraction of sp³-hybridized carbons (Fsp3) is 0.167. The maximum atomic E-state index is 12.1. The second kappa shape index (κ2) is 7.35. The van der Waals surface area contributed by atoms with E-state index in [1.54, 1.807) is 13.1 Å². The van der Waals surface area contributed by atoms with Crippen LogP contribution in [0.4, 0.5) is 17.1 Å². The largest absolute Gasteiger partial charge is 0.375 e. The first-order chi connectivity index (χ1) is 13.3. The van der Waals surface area contributed by atoms with Crippen LogP contribution in [0.3, 0.4) is 0 Å². The van der Waals surface area contributed by atoms with Gasteiger partial charge in [-0.2, -0.15) is 0 Å². The molecule has 10 heteroatoms. The molecule has 1 heterocycles. The average Bonchev–Trinajstić information content (AvgIpc) is 2.69. The Labute approximate surface area is 159 Å². The highest BCUT2D eigenvalue weighted by molar-refractivity contribution is 6.25. The van der Waals surface area contributed by atoms with E-state index in [1.807, 2.05) is 11.8 Å². The normalized spacial score (nSPS) is 14.4. The molecule has 10 nitrogen and oxygen atoms in total. The van der Waals surface area contributed by atoms with Crippen molar-refractivity contribution in [3.8, 4) is 0 Å². The predicted octanol–water partition coefficient (Wildman–Crippen LogP) is 2.92. The molecule has 1 aromatic heterocycles. The van der Waals surface area contributed by atoms with Gasteiger partial charge in [0.2, 0.25) is 5.78 Å². The number of nitro benzene ring substituents is 1. The molecule has 3 rings (SSSR count). The summed E-state index contributed by atoms with van der Waals surface area (Å²) in [7, 11) is 1.78. The number of nitrogens with zero attached hydrogens (tertiary/aromatic N) is 5. The number of rotatable bonds is 5. The first kappa shape index (κ1) is 18.8. The molecule has 1 aromatic carbocycles. The molecular formula is C18H15N5O5. The Morgan fingerprint density at radius 2 is 1.93 bits per heavy atom. The highest BCUT2D eigenvalue weighted by Crippen LogP contribution is 2.33. The monoisotopic (exact) mass is 381 g/mol. The Balaban J connectivity index is 2.23. The van der Waals surface area contributed by atoms with Gasteiger partial charge in [0.1, 0.15) is 11.4 Å². The summed E-state index contributed by atoms with van der Waals surface area (Å²) in [6, 6.07) is 7.41. The molecule has 0 bridgehead atoms. The van der Waals surface area contributed by atoms with E-state index >= 15 is 0 Å². The molecule has 0 spiro atoms. The number of carbonyl (C=O) groups excluding carboxylic acids is 1. The number of hydrogen-bond donors (Lipinski definition) is 0. The van der Waals surface area contributed by atoms with Crippen molar-refractivity contribution in [1.82, 2.24) is 4.98 Å². The average molecular weight is 381 g/mol.